The van der Waals surface area contributed by atoms with Crippen molar-refractivity contribution in [2.24, 2.45) is 13.0 Å². The molecule has 0 atom stereocenters. The topological polar surface area (TPSA) is 41.3 Å². The van der Waals surface area contributed by atoms with Crippen molar-refractivity contribution in [3.63, 3.8) is 0 Å². The van der Waals surface area contributed by atoms with Crippen LogP contribution in [0.3, 0.4) is 0 Å². The molecule has 0 bridgehead atoms. The summed E-state index contributed by atoms with van der Waals surface area (Å²) in [6.07, 6.45) is 0. The molecule has 90 valence electrons. The van der Waals surface area contributed by atoms with E-state index < -0.39 is 5.60 Å². The second kappa shape index (κ2) is 3.86. The van der Waals surface area contributed by atoms with Crippen LogP contribution < -0.4 is 0 Å². The lowest BCUT2D eigenvalue weighted by Crippen LogP contribution is -2.63. The molecule has 1 saturated heterocycles. The van der Waals surface area contributed by atoms with Crippen LogP contribution in [0.25, 0.3) is 0 Å². The average Bonchev–Trinajstić information content (AvgIpc) is 2.42. The van der Waals surface area contributed by atoms with Gasteiger partial charge >= 0.3 is 0 Å². The van der Waals surface area contributed by atoms with Gasteiger partial charge in [-0.15, -0.1) is 0 Å². The van der Waals surface area contributed by atoms with Gasteiger partial charge in [-0.1, -0.05) is 13.8 Å². The van der Waals surface area contributed by atoms with Gasteiger partial charge in [-0.25, -0.2) is 0 Å². The summed E-state index contributed by atoms with van der Waals surface area (Å²) < 4.78 is 1.92. The third kappa shape index (κ3) is 1.99. The van der Waals surface area contributed by atoms with Crippen molar-refractivity contribution >= 4 is 0 Å². The summed E-state index contributed by atoms with van der Waals surface area (Å²) >= 11 is 0. The predicted octanol–water partition coefficient (Wildman–Crippen LogP) is 0.931. The molecule has 16 heavy (non-hydrogen) atoms. The Morgan fingerprint density at radius 1 is 1.50 bits per heavy atom. The van der Waals surface area contributed by atoms with Crippen molar-refractivity contribution in [3.8, 4) is 0 Å². The van der Waals surface area contributed by atoms with Crippen molar-refractivity contribution in [1.82, 2.24) is 14.7 Å². The average molecular weight is 223 g/mol. The maximum absolute atomic E-state index is 10.1. The number of nitrogens with zero attached hydrogens (tertiary/aromatic N) is 3. The van der Waals surface area contributed by atoms with Gasteiger partial charge in [0, 0.05) is 26.7 Å². The summed E-state index contributed by atoms with van der Waals surface area (Å²) in [6.45, 7) is 8.58. The number of β-amino-alcohol motifs (C(OH)–C–C–N with tert-alkyl or cyclic N) is 1. The van der Waals surface area contributed by atoms with E-state index in [1.165, 1.54) is 5.69 Å². The third-order valence-corrected chi connectivity index (χ3v) is 3.55. The monoisotopic (exact) mass is 223 g/mol. The maximum atomic E-state index is 10.1. The maximum Gasteiger partial charge on any atom is 0.0923 e. The Hall–Kier alpha value is -0.870. The van der Waals surface area contributed by atoms with E-state index in [4.69, 9.17) is 0 Å². The third-order valence-electron chi connectivity index (χ3n) is 3.55. The predicted molar refractivity (Wildman–Crippen MR) is 63.0 cm³/mol. The number of hydrogen-bond donors (Lipinski definition) is 1. The van der Waals surface area contributed by atoms with E-state index in [0.717, 1.165) is 25.3 Å². The standard InChI is InChI=1S/C12H21N3O/c1-9(2)12(16)7-15(8-12)6-11-5-10(3)13-14(11)4/h5,9,16H,6-8H2,1-4H3. The molecule has 1 N–H and O–H groups in total. The van der Waals surface area contributed by atoms with E-state index in [-0.39, 0.29) is 0 Å². The van der Waals surface area contributed by atoms with Gasteiger partial charge in [-0.05, 0) is 18.9 Å². The molecule has 1 fully saturated rings. The number of likely N-dealkylation sites (tertiary alicyclic amines) is 1. The Balaban J connectivity index is 1.93. The number of aromatic nitrogens is 2. The van der Waals surface area contributed by atoms with Crippen LogP contribution in [0.5, 0.6) is 0 Å². The van der Waals surface area contributed by atoms with Crippen molar-refractivity contribution in [2.45, 2.75) is 32.9 Å². The number of aryl methyl sites for hydroxylation is 2. The number of aliphatic hydroxyl groups is 1. The molecule has 4 heteroatoms. The van der Waals surface area contributed by atoms with Crippen LogP contribution in [-0.4, -0.2) is 38.5 Å². The Labute approximate surface area is 96.9 Å². The van der Waals surface area contributed by atoms with Gasteiger partial charge in [0.1, 0.15) is 0 Å². The SMILES string of the molecule is Cc1cc(CN2CC(O)(C(C)C)C2)n(C)n1. The zero-order chi connectivity index (χ0) is 11.9. The lowest BCUT2D eigenvalue weighted by Gasteiger charge is -2.49. The van der Waals surface area contributed by atoms with Crippen molar-refractivity contribution in [1.29, 1.82) is 0 Å². The van der Waals surface area contributed by atoms with Crippen molar-refractivity contribution in [3.05, 3.63) is 17.5 Å². The quantitative estimate of drug-likeness (QED) is 0.829. The Morgan fingerprint density at radius 3 is 2.56 bits per heavy atom. The molecule has 1 aliphatic heterocycles. The van der Waals surface area contributed by atoms with Gasteiger partial charge in [0.15, 0.2) is 0 Å². The molecule has 0 radical (unpaired) electrons. The summed E-state index contributed by atoms with van der Waals surface area (Å²) in [5, 5.41) is 14.5. The summed E-state index contributed by atoms with van der Waals surface area (Å²) in [4.78, 5) is 2.26. The van der Waals surface area contributed by atoms with Crippen molar-refractivity contribution in [2.75, 3.05) is 13.1 Å². The number of hydrogen-bond acceptors (Lipinski definition) is 3. The molecular weight excluding hydrogens is 202 g/mol. The highest BCUT2D eigenvalue weighted by molar-refractivity contribution is 5.10. The smallest absolute Gasteiger partial charge is 0.0923 e. The summed E-state index contributed by atoms with van der Waals surface area (Å²) in [6, 6.07) is 2.10. The van der Waals surface area contributed by atoms with Crippen LogP contribution in [-0.2, 0) is 13.6 Å². The van der Waals surface area contributed by atoms with Gasteiger partial charge in [0.2, 0.25) is 0 Å². The molecule has 1 aromatic rings. The molecule has 2 heterocycles. The molecule has 0 aromatic carbocycles. The molecule has 2 rings (SSSR count). The van der Waals surface area contributed by atoms with Gasteiger partial charge in [0.05, 0.1) is 17.0 Å². The zero-order valence-corrected chi connectivity index (χ0v) is 10.6. The van der Waals surface area contributed by atoms with E-state index in [2.05, 4.69) is 29.9 Å². The Morgan fingerprint density at radius 2 is 2.12 bits per heavy atom. The number of rotatable bonds is 3. The van der Waals surface area contributed by atoms with E-state index >= 15 is 0 Å². The first-order valence-electron chi connectivity index (χ1n) is 5.85. The molecule has 0 spiro atoms. The summed E-state index contributed by atoms with van der Waals surface area (Å²) in [5.41, 5.74) is 1.79. The van der Waals surface area contributed by atoms with E-state index in [0.29, 0.717) is 5.92 Å². The normalized spacial score (nSPS) is 20.1. The van der Waals surface area contributed by atoms with Gasteiger partial charge in [-0.2, -0.15) is 5.10 Å². The molecule has 0 unspecified atom stereocenters. The van der Waals surface area contributed by atoms with Crippen LogP contribution in [0.2, 0.25) is 0 Å². The molecule has 4 nitrogen and oxygen atoms in total. The molecule has 0 amide bonds. The van der Waals surface area contributed by atoms with Gasteiger partial charge < -0.3 is 5.11 Å². The molecular formula is C12H21N3O. The largest absolute Gasteiger partial charge is 0.387 e. The fraction of sp³-hybridized carbons (Fsp3) is 0.750. The molecule has 1 aliphatic rings. The molecule has 1 aromatic heterocycles. The highest BCUT2D eigenvalue weighted by Gasteiger charge is 2.43. The van der Waals surface area contributed by atoms with Crippen LogP contribution in [0.1, 0.15) is 25.2 Å². The minimum atomic E-state index is -0.479. The van der Waals surface area contributed by atoms with Crippen molar-refractivity contribution < 1.29 is 5.11 Å². The minimum absolute atomic E-state index is 0.331. The molecule has 0 aliphatic carbocycles. The van der Waals surface area contributed by atoms with Crippen LogP contribution in [0.15, 0.2) is 6.07 Å². The second-order valence-corrected chi connectivity index (χ2v) is 5.30. The minimum Gasteiger partial charge on any atom is -0.387 e. The molecule has 0 saturated carbocycles. The van der Waals surface area contributed by atoms with E-state index in [9.17, 15) is 5.11 Å². The van der Waals surface area contributed by atoms with Crippen LogP contribution >= 0.6 is 0 Å². The fourth-order valence-electron chi connectivity index (χ4n) is 2.25. The highest BCUT2D eigenvalue weighted by atomic mass is 16.3. The van der Waals surface area contributed by atoms with Gasteiger partial charge in [0.25, 0.3) is 0 Å². The Bertz CT molecular complexity index is 378. The van der Waals surface area contributed by atoms with E-state index in [1.54, 1.807) is 0 Å². The first-order valence-corrected chi connectivity index (χ1v) is 5.85. The Kier molecular flexibility index (Phi) is 2.80. The van der Waals surface area contributed by atoms with E-state index in [1.807, 2.05) is 18.7 Å². The van der Waals surface area contributed by atoms with Crippen LogP contribution in [0.4, 0.5) is 0 Å². The lowest BCUT2D eigenvalue weighted by atomic mass is 9.83. The van der Waals surface area contributed by atoms with Gasteiger partial charge in [-0.3, -0.25) is 9.58 Å². The van der Waals surface area contributed by atoms with Crippen LogP contribution in [0, 0.1) is 12.8 Å². The fourth-order valence-corrected chi connectivity index (χ4v) is 2.25. The summed E-state index contributed by atoms with van der Waals surface area (Å²) in [5.74, 6) is 0.331. The highest BCUT2D eigenvalue weighted by Crippen LogP contribution is 2.29. The summed E-state index contributed by atoms with van der Waals surface area (Å²) in [7, 11) is 1.97. The first-order chi connectivity index (χ1) is 7.40. The second-order valence-electron chi connectivity index (χ2n) is 5.30. The first kappa shape index (κ1) is 11.6. The lowest BCUT2D eigenvalue weighted by molar-refractivity contribution is -0.131. The zero-order valence-electron chi connectivity index (χ0n) is 10.6.